The minimum Gasteiger partial charge on any atom is -0.497 e. The van der Waals surface area contributed by atoms with E-state index in [2.05, 4.69) is 5.32 Å². The lowest BCUT2D eigenvalue weighted by Crippen LogP contribution is -2.34. The van der Waals surface area contributed by atoms with Crippen LogP contribution in [-0.4, -0.2) is 38.8 Å². The van der Waals surface area contributed by atoms with Crippen molar-refractivity contribution in [2.75, 3.05) is 20.8 Å². The maximum Gasteiger partial charge on any atom is 0.347 e. The number of ether oxygens (including phenoxy) is 4. The van der Waals surface area contributed by atoms with Gasteiger partial charge in [-0.2, -0.15) is 5.26 Å². The molecule has 1 amide bonds. The number of rotatable bonds is 9. The fraction of sp³-hybridized carbons (Fsp3) is 0.318. The molecule has 0 saturated heterocycles. The van der Waals surface area contributed by atoms with Gasteiger partial charge in [-0.3, -0.25) is 4.79 Å². The molecule has 8 nitrogen and oxygen atoms in total. The van der Waals surface area contributed by atoms with Gasteiger partial charge in [-0.1, -0.05) is 0 Å². The Morgan fingerprint density at radius 2 is 1.70 bits per heavy atom. The van der Waals surface area contributed by atoms with Crippen LogP contribution in [0.5, 0.6) is 17.2 Å². The molecule has 0 saturated carbocycles. The molecular weight excluding hydrogens is 388 g/mol. The molecule has 0 aliphatic rings. The summed E-state index contributed by atoms with van der Waals surface area (Å²) in [4.78, 5) is 24.3. The number of hydrogen-bond donors (Lipinski definition) is 1. The molecule has 0 bridgehead atoms. The van der Waals surface area contributed by atoms with Crippen LogP contribution in [0.1, 0.15) is 31.0 Å². The first kappa shape index (κ1) is 22.6. The van der Waals surface area contributed by atoms with Crippen molar-refractivity contribution in [3.63, 3.8) is 0 Å². The van der Waals surface area contributed by atoms with E-state index in [4.69, 9.17) is 24.2 Å². The molecule has 2 atom stereocenters. The Bertz CT molecular complexity index is 920. The summed E-state index contributed by atoms with van der Waals surface area (Å²) in [6, 6.07) is 13.2. The van der Waals surface area contributed by atoms with E-state index in [1.807, 2.05) is 6.07 Å². The Hall–Kier alpha value is -3.73. The van der Waals surface area contributed by atoms with Gasteiger partial charge in [-0.15, -0.1) is 0 Å². The summed E-state index contributed by atoms with van der Waals surface area (Å²) in [5.74, 6) is 0.506. The van der Waals surface area contributed by atoms with Crippen molar-refractivity contribution in [1.29, 1.82) is 5.26 Å². The minimum absolute atomic E-state index is 0.395. The third kappa shape index (κ3) is 6.14. The van der Waals surface area contributed by atoms with Crippen LogP contribution < -0.4 is 19.5 Å². The van der Waals surface area contributed by atoms with Gasteiger partial charge in [0.05, 0.1) is 31.9 Å². The highest BCUT2D eigenvalue weighted by Crippen LogP contribution is 2.29. The molecule has 8 heteroatoms. The van der Waals surface area contributed by atoms with Gasteiger partial charge in [0.15, 0.2) is 12.7 Å². The van der Waals surface area contributed by atoms with Gasteiger partial charge >= 0.3 is 5.97 Å². The van der Waals surface area contributed by atoms with Crippen LogP contribution in [0.15, 0.2) is 42.5 Å². The van der Waals surface area contributed by atoms with Crippen LogP contribution in [-0.2, 0) is 14.3 Å². The predicted octanol–water partition coefficient (Wildman–Crippen LogP) is 2.76. The van der Waals surface area contributed by atoms with Crippen LogP contribution in [0.25, 0.3) is 0 Å². The lowest BCUT2D eigenvalue weighted by atomic mass is 10.1. The first-order valence-electron chi connectivity index (χ1n) is 9.22. The van der Waals surface area contributed by atoms with Crippen molar-refractivity contribution in [2.45, 2.75) is 26.0 Å². The third-order valence-corrected chi connectivity index (χ3v) is 4.25. The first-order chi connectivity index (χ1) is 14.4. The highest BCUT2D eigenvalue weighted by Gasteiger charge is 2.20. The van der Waals surface area contributed by atoms with Gasteiger partial charge in [0, 0.05) is 5.56 Å². The number of esters is 1. The van der Waals surface area contributed by atoms with Gasteiger partial charge in [0.25, 0.3) is 5.91 Å². The fourth-order valence-electron chi connectivity index (χ4n) is 2.65. The average Bonchev–Trinajstić information content (AvgIpc) is 2.77. The van der Waals surface area contributed by atoms with E-state index in [-0.39, 0.29) is 0 Å². The van der Waals surface area contributed by atoms with Gasteiger partial charge in [0.2, 0.25) is 0 Å². The maximum atomic E-state index is 12.2. The van der Waals surface area contributed by atoms with Crippen molar-refractivity contribution >= 4 is 11.9 Å². The Morgan fingerprint density at radius 1 is 1.03 bits per heavy atom. The van der Waals surface area contributed by atoms with E-state index in [1.54, 1.807) is 56.5 Å². The monoisotopic (exact) mass is 412 g/mol. The highest BCUT2D eigenvalue weighted by molar-refractivity contribution is 5.82. The van der Waals surface area contributed by atoms with Crippen LogP contribution in [0, 0.1) is 11.3 Å². The van der Waals surface area contributed by atoms with Crippen molar-refractivity contribution in [1.82, 2.24) is 5.32 Å². The standard InChI is InChI=1S/C22H24N2O6/c1-14(19-11-18(27-3)9-10-20(19)28-4)24-21(25)13-29-22(26)15(2)30-17-7-5-16(12-23)6-8-17/h5-11,14-15H,13H2,1-4H3,(H,24,25). The molecule has 0 aliphatic heterocycles. The molecule has 0 heterocycles. The van der Waals surface area contributed by atoms with E-state index < -0.39 is 30.6 Å². The van der Waals surface area contributed by atoms with Crippen LogP contribution in [0.2, 0.25) is 0 Å². The van der Waals surface area contributed by atoms with Crippen molar-refractivity contribution < 1.29 is 28.5 Å². The molecule has 2 rings (SSSR count). The summed E-state index contributed by atoms with van der Waals surface area (Å²) in [6.45, 7) is 2.85. The van der Waals surface area contributed by atoms with E-state index in [9.17, 15) is 9.59 Å². The molecule has 30 heavy (non-hydrogen) atoms. The van der Waals surface area contributed by atoms with Gasteiger partial charge in [-0.25, -0.2) is 4.79 Å². The molecule has 2 aromatic rings. The average molecular weight is 412 g/mol. The number of carbonyl (C=O) groups excluding carboxylic acids is 2. The van der Waals surface area contributed by atoms with E-state index in [1.165, 1.54) is 14.0 Å². The maximum absolute atomic E-state index is 12.2. The lowest BCUT2D eigenvalue weighted by molar-refractivity contribution is -0.154. The molecule has 2 unspecified atom stereocenters. The molecule has 0 aliphatic carbocycles. The number of hydrogen-bond acceptors (Lipinski definition) is 7. The zero-order valence-electron chi connectivity index (χ0n) is 17.3. The second kappa shape index (κ2) is 10.7. The lowest BCUT2D eigenvalue weighted by Gasteiger charge is -2.19. The second-order valence-electron chi connectivity index (χ2n) is 6.40. The Labute approximate surface area is 175 Å². The van der Waals surface area contributed by atoms with Gasteiger partial charge in [0.1, 0.15) is 17.2 Å². The summed E-state index contributed by atoms with van der Waals surface area (Å²) in [5, 5.41) is 11.6. The summed E-state index contributed by atoms with van der Waals surface area (Å²) in [6.07, 6.45) is -0.915. The number of nitrogens with one attached hydrogen (secondary N) is 1. The van der Waals surface area contributed by atoms with Crippen LogP contribution >= 0.6 is 0 Å². The summed E-state index contributed by atoms with van der Waals surface area (Å²) in [5.41, 5.74) is 1.21. The zero-order chi connectivity index (χ0) is 22.1. The second-order valence-corrected chi connectivity index (χ2v) is 6.40. The molecule has 1 N–H and O–H groups in total. The van der Waals surface area contributed by atoms with Crippen LogP contribution in [0.3, 0.4) is 0 Å². The normalized spacial score (nSPS) is 12.1. The van der Waals surface area contributed by atoms with Crippen LogP contribution in [0.4, 0.5) is 0 Å². The number of nitrogens with zero attached hydrogens (tertiary/aromatic N) is 1. The SMILES string of the molecule is COc1ccc(OC)c(C(C)NC(=O)COC(=O)C(C)Oc2ccc(C#N)cc2)c1. The van der Waals surface area contributed by atoms with E-state index in [0.717, 1.165) is 5.56 Å². The Kier molecular flexibility index (Phi) is 8.06. The molecule has 0 radical (unpaired) electrons. The van der Waals surface area contributed by atoms with Crippen molar-refractivity contribution in [3.05, 3.63) is 53.6 Å². The molecule has 2 aromatic carbocycles. The summed E-state index contributed by atoms with van der Waals surface area (Å²) < 4.78 is 21.0. The molecular formula is C22H24N2O6. The molecule has 0 spiro atoms. The molecule has 158 valence electrons. The summed E-state index contributed by atoms with van der Waals surface area (Å²) in [7, 11) is 3.09. The molecule has 0 aromatic heterocycles. The fourth-order valence-corrected chi connectivity index (χ4v) is 2.65. The van der Waals surface area contributed by atoms with E-state index in [0.29, 0.717) is 22.8 Å². The molecule has 0 fully saturated rings. The minimum atomic E-state index is -0.915. The first-order valence-corrected chi connectivity index (χ1v) is 9.22. The summed E-state index contributed by atoms with van der Waals surface area (Å²) >= 11 is 0. The van der Waals surface area contributed by atoms with Crippen molar-refractivity contribution in [3.8, 4) is 23.3 Å². The largest absolute Gasteiger partial charge is 0.497 e. The predicted molar refractivity (Wildman–Crippen MR) is 108 cm³/mol. The van der Waals surface area contributed by atoms with E-state index >= 15 is 0 Å². The number of amides is 1. The Morgan fingerprint density at radius 3 is 2.30 bits per heavy atom. The number of carbonyl (C=O) groups is 2. The van der Waals surface area contributed by atoms with Crippen molar-refractivity contribution in [2.24, 2.45) is 0 Å². The number of methoxy groups -OCH3 is 2. The zero-order valence-corrected chi connectivity index (χ0v) is 17.3. The number of nitriles is 1. The third-order valence-electron chi connectivity index (χ3n) is 4.25. The number of benzene rings is 2. The quantitative estimate of drug-likeness (QED) is 0.631. The highest BCUT2D eigenvalue weighted by atomic mass is 16.6. The Balaban J connectivity index is 1.87. The van der Waals surface area contributed by atoms with Gasteiger partial charge in [-0.05, 0) is 56.3 Å². The van der Waals surface area contributed by atoms with Gasteiger partial charge < -0.3 is 24.3 Å². The smallest absolute Gasteiger partial charge is 0.347 e. The topological polar surface area (TPSA) is 107 Å².